The molecule has 1 saturated heterocycles. The predicted molar refractivity (Wildman–Crippen MR) is 103 cm³/mol. The maximum Gasteiger partial charge on any atom is 0.193 e. The Morgan fingerprint density at radius 3 is 2.32 bits per heavy atom. The number of halogens is 1. The van der Waals surface area contributed by atoms with Crippen molar-refractivity contribution in [2.24, 2.45) is 16.8 Å². The van der Waals surface area contributed by atoms with Crippen LogP contribution in [0.1, 0.15) is 39.0 Å². The fourth-order valence-corrected chi connectivity index (χ4v) is 4.17. The van der Waals surface area contributed by atoms with E-state index in [1.165, 1.54) is 31.9 Å². The first-order valence-corrected chi connectivity index (χ1v) is 10.3. The topological polar surface area (TPSA) is 61.8 Å². The van der Waals surface area contributed by atoms with Crippen LogP contribution in [0.3, 0.4) is 0 Å². The van der Waals surface area contributed by atoms with Gasteiger partial charge in [-0.3, -0.25) is 4.99 Å². The summed E-state index contributed by atoms with van der Waals surface area (Å²) in [5, 5.41) is 3.36. The van der Waals surface area contributed by atoms with Crippen molar-refractivity contribution >= 4 is 39.8 Å². The SMILES string of the molecule is CCNC(=NCCCS(C)(=O)=O)N1CC2CCCCC2C1.I. The number of guanidine groups is 1. The third-order valence-electron chi connectivity index (χ3n) is 4.55. The highest BCUT2D eigenvalue weighted by Crippen LogP contribution is 2.35. The Morgan fingerprint density at radius 2 is 1.82 bits per heavy atom. The summed E-state index contributed by atoms with van der Waals surface area (Å²) in [5.74, 6) is 2.86. The van der Waals surface area contributed by atoms with E-state index in [-0.39, 0.29) is 29.7 Å². The molecule has 2 fully saturated rings. The normalized spacial score (nSPS) is 25.5. The molecule has 1 aliphatic carbocycles. The monoisotopic (exact) mass is 443 g/mol. The van der Waals surface area contributed by atoms with Gasteiger partial charge < -0.3 is 10.2 Å². The first-order chi connectivity index (χ1) is 9.99. The first kappa shape index (κ1) is 20.0. The van der Waals surface area contributed by atoms with Crippen molar-refractivity contribution in [3.8, 4) is 0 Å². The number of fused-ring (bicyclic) bond motifs is 1. The summed E-state index contributed by atoms with van der Waals surface area (Å²) in [4.78, 5) is 7.00. The summed E-state index contributed by atoms with van der Waals surface area (Å²) in [5.41, 5.74) is 0. The highest BCUT2D eigenvalue weighted by molar-refractivity contribution is 14.0. The van der Waals surface area contributed by atoms with Gasteiger partial charge in [0.2, 0.25) is 0 Å². The van der Waals surface area contributed by atoms with Crippen molar-refractivity contribution in [2.45, 2.75) is 39.0 Å². The summed E-state index contributed by atoms with van der Waals surface area (Å²) in [6.07, 6.45) is 7.35. The van der Waals surface area contributed by atoms with E-state index in [2.05, 4.69) is 22.1 Å². The van der Waals surface area contributed by atoms with E-state index in [1.54, 1.807) is 0 Å². The minimum absolute atomic E-state index is 0. The number of aliphatic imine (C=N–C) groups is 1. The predicted octanol–water partition coefficient (Wildman–Crippen LogP) is 2.13. The van der Waals surface area contributed by atoms with Crippen LogP contribution in [0, 0.1) is 11.8 Å². The summed E-state index contributed by atoms with van der Waals surface area (Å²) in [7, 11) is -2.87. The van der Waals surface area contributed by atoms with Gasteiger partial charge in [-0.2, -0.15) is 0 Å². The van der Waals surface area contributed by atoms with Crippen molar-refractivity contribution in [3.05, 3.63) is 0 Å². The minimum Gasteiger partial charge on any atom is -0.357 e. The lowest BCUT2D eigenvalue weighted by molar-refractivity contribution is 0.299. The lowest BCUT2D eigenvalue weighted by Crippen LogP contribution is -2.40. The van der Waals surface area contributed by atoms with E-state index >= 15 is 0 Å². The van der Waals surface area contributed by atoms with Gasteiger partial charge in [-0.25, -0.2) is 8.42 Å². The molecule has 1 saturated carbocycles. The molecule has 1 heterocycles. The van der Waals surface area contributed by atoms with Gasteiger partial charge in [-0.1, -0.05) is 12.8 Å². The Balaban J connectivity index is 0.00000242. The third-order valence-corrected chi connectivity index (χ3v) is 5.58. The number of sulfone groups is 1. The zero-order valence-corrected chi connectivity index (χ0v) is 16.9. The second kappa shape index (κ2) is 9.30. The molecule has 1 N–H and O–H groups in total. The summed E-state index contributed by atoms with van der Waals surface area (Å²) in [6, 6.07) is 0. The van der Waals surface area contributed by atoms with Gasteiger partial charge in [0.25, 0.3) is 0 Å². The van der Waals surface area contributed by atoms with E-state index in [1.807, 2.05) is 0 Å². The standard InChI is InChI=1S/C15H29N3O2S.HI/c1-3-16-15(17-9-6-10-21(2,19)20)18-11-13-7-4-5-8-14(13)12-18;/h13-14H,3-12H2,1-2H3,(H,16,17);1H. The van der Waals surface area contributed by atoms with Crippen molar-refractivity contribution in [3.63, 3.8) is 0 Å². The van der Waals surface area contributed by atoms with E-state index < -0.39 is 9.84 Å². The average molecular weight is 443 g/mol. The van der Waals surface area contributed by atoms with Gasteiger partial charge in [0, 0.05) is 32.4 Å². The minimum atomic E-state index is -2.87. The molecule has 2 rings (SSSR count). The quantitative estimate of drug-likeness (QED) is 0.306. The smallest absolute Gasteiger partial charge is 0.193 e. The van der Waals surface area contributed by atoms with Crippen LogP contribution in [0.25, 0.3) is 0 Å². The highest BCUT2D eigenvalue weighted by Gasteiger charge is 2.35. The van der Waals surface area contributed by atoms with Crippen LogP contribution in [0.4, 0.5) is 0 Å². The van der Waals surface area contributed by atoms with Crippen LogP contribution in [-0.4, -0.2) is 57.5 Å². The van der Waals surface area contributed by atoms with Crippen LogP contribution in [0.5, 0.6) is 0 Å². The average Bonchev–Trinajstić information content (AvgIpc) is 2.84. The van der Waals surface area contributed by atoms with Crippen LogP contribution in [0.2, 0.25) is 0 Å². The van der Waals surface area contributed by atoms with Crippen molar-refractivity contribution in [2.75, 3.05) is 38.2 Å². The number of likely N-dealkylation sites (tertiary alicyclic amines) is 1. The molecule has 0 aromatic carbocycles. The molecule has 0 spiro atoms. The summed E-state index contributed by atoms with van der Waals surface area (Å²) >= 11 is 0. The van der Waals surface area contributed by atoms with Gasteiger partial charge in [0.15, 0.2) is 5.96 Å². The molecule has 0 aromatic heterocycles. The van der Waals surface area contributed by atoms with Gasteiger partial charge >= 0.3 is 0 Å². The number of hydrogen-bond donors (Lipinski definition) is 1. The number of rotatable bonds is 5. The summed E-state index contributed by atoms with van der Waals surface area (Å²) < 4.78 is 22.3. The van der Waals surface area contributed by atoms with Crippen molar-refractivity contribution in [1.29, 1.82) is 0 Å². The fourth-order valence-electron chi connectivity index (χ4n) is 3.52. The van der Waals surface area contributed by atoms with E-state index in [0.29, 0.717) is 13.0 Å². The van der Waals surface area contributed by atoms with E-state index in [0.717, 1.165) is 37.4 Å². The molecule has 2 atom stereocenters. The lowest BCUT2D eigenvalue weighted by atomic mass is 9.82. The first-order valence-electron chi connectivity index (χ1n) is 8.20. The Labute approximate surface area is 152 Å². The van der Waals surface area contributed by atoms with Crippen LogP contribution >= 0.6 is 24.0 Å². The largest absolute Gasteiger partial charge is 0.357 e. The number of nitrogens with one attached hydrogen (secondary N) is 1. The molecule has 0 aromatic rings. The second-order valence-corrected chi connectivity index (χ2v) is 8.69. The Bertz CT molecular complexity index is 453. The number of hydrogen-bond acceptors (Lipinski definition) is 3. The highest BCUT2D eigenvalue weighted by atomic mass is 127. The van der Waals surface area contributed by atoms with Gasteiger partial charge in [0.1, 0.15) is 9.84 Å². The van der Waals surface area contributed by atoms with Gasteiger partial charge in [-0.05, 0) is 38.0 Å². The molecular weight excluding hydrogens is 413 g/mol. The van der Waals surface area contributed by atoms with Crippen molar-refractivity contribution in [1.82, 2.24) is 10.2 Å². The third kappa shape index (κ3) is 6.22. The molecule has 0 bridgehead atoms. The Kier molecular flexibility index (Phi) is 8.45. The molecule has 5 nitrogen and oxygen atoms in total. The van der Waals surface area contributed by atoms with Crippen LogP contribution in [-0.2, 0) is 9.84 Å². The molecule has 22 heavy (non-hydrogen) atoms. The van der Waals surface area contributed by atoms with Gasteiger partial charge in [-0.15, -0.1) is 24.0 Å². The van der Waals surface area contributed by atoms with Crippen LogP contribution in [0.15, 0.2) is 4.99 Å². The van der Waals surface area contributed by atoms with E-state index in [9.17, 15) is 8.42 Å². The molecule has 2 unspecified atom stereocenters. The maximum atomic E-state index is 11.2. The number of nitrogens with zero attached hydrogens (tertiary/aromatic N) is 2. The molecule has 1 aliphatic heterocycles. The van der Waals surface area contributed by atoms with E-state index in [4.69, 9.17) is 0 Å². The Morgan fingerprint density at radius 1 is 1.23 bits per heavy atom. The summed E-state index contributed by atoms with van der Waals surface area (Å²) in [6.45, 7) is 5.75. The molecule has 0 amide bonds. The fraction of sp³-hybridized carbons (Fsp3) is 0.933. The maximum absolute atomic E-state index is 11.2. The zero-order chi connectivity index (χ0) is 15.3. The van der Waals surface area contributed by atoms with Gasteiger partial charge in [0.05, 0.1) is 5.75 Å². The van der Waals surface area contributed by atoms with Crippen molar-refractivity contribution < 1.29 is 8.42 Å². The zero-order valence-electron chi connectivity index (χ0n) is 13.8. The van der Waals surface area contributed by atoms with Crippen LogP contribution < -0.4 is 5.32 Å². The molecule has 2 aliphatic rings. The molecule has 130 valence electrons. The molecule has 0 radical (unpaired) electrons. The molecule has 7 heteroatoms. The Hall–Kier alpha value is -0.0500. The lowest BCUT2D eigenvalue weighted by Gasteiger charge is -2.22. The second-order valence-electron chi connectivity index (χ2n) is 6.43. The molecular formula is C15H30IN3O2S.